The van der Waals surface area contributed by atoms with Gasteiger partial charge >= 0.3 is 0 Å². The van der Waals surface area contributed by atoms with Crippen LogP contribution in [0.4, 0.5) is 5.69 Å². The lowest BCUT2D eigenvalue weighted by Crippen LogP contribution is -2.28. The third-order valence-electron chi connectivity index (χ3n) is 2.83. The zero-order chi connectivity index (χ0) is 15.2. The van der Waals surface area contributed by atoms with Crippen LogP contribution in [-0.2, 0) is 14.8 Å². The lowest BCUT2D eigenvalue weighted by atomic mass is 10.1. The molecule has 0 fully saturated rings. The summed E-state index contributed by atoms with van der Waals surface area (Å²) in [6, 6.07) is 6.04. The number of amides is 1. The fourth-order valence-electron chi connectivity index (χ4n) is 1.83. The van der Waals surface area contributed by atoms with Gasteiger partial charge in [-0.05, 0) is 25.6 Å². The van der Waals surface area contributed by atoms with Crippen LogP contribution in [0, 0.1) is 0 Å². The van der Waals surface area contributed by atoms with Crippen LogP contribution in [0.5, 0.6) is 0 Å². The highest BCUT2D eigenvalue weighted by atomic mass is 32.2. The molecule has 6 nitrogen and oxygen atoms in total. The smallest absolute Gasteiger partial charge is 0.242 e. The van der Waals surface area contributed by atoms with Gasteiger partial charge in [0, 0.05) is 12.5 Å². The van der Waals surface area contributed by atoms with Crippen LogP contribution in [0.3, 0.4) is 0 Å². The van der Waals surface area contributed by atoms with Crippen LogP contribution in [0.25, 0.3) is 0 Å². The number of hydrogen-bond acceptors (Lipinski definition) is 4. The molecular formula is C13H21N3O3S. The molecule has 0 heterocycles. The molecule has 1 atom stereocenters. The Hall–Kier alpha value is -1.44. The maximum absolute atomic E-state index is 11.9. The number of sulfonamides is 1. The van der Waals surface area contributed by atoms with Gasteiger partial charge in [0.25, 0.3) is 0 Å². The fourth-order valence-corrected chi connectivity index (χ4v) is 2.71. The summed E-state index contributed by atoms with van der Waals surface area (Å²) in [5.41, 5.74) is 6.06. The third-order valence-corrected chi connectivity index (χ3v) is 4.30. The van der Waals surface area contributed by atoms with Crippen LogP contribution in [-0.4, -0.2) is 27.4 Å². The Morgan fingerprint density at radius 2 is 2.00 bits per heavy atom. The molecule has 0 aliphatic rings. The van der Waals surface area contributed by atoms with Gasteiger partial charge in [0.1, 0.15) is 4.90 Å². The highest BCUT2D eigenvalue weighted by Crippen LogP contribution is 2.20. The third kappa shape index (κ3) is 4.59. The Kier molecular flexibility index (Phi) is 6.12. The first-order chi connectivity index (χ1) is 9.40. The molecule has 1 amide bonds. The first-order valence-corrected chi connectivity index (χ1v) is 7.97. The van der Waals surface area contributed by atoms with E-state index in [-0.39, 0.29) is 29.0 Å². The molecule has 1 aromatic rings. The molecule has 1 unspecified atom stereocenters. The summed E-state index contributed by atoms with van der Waals surface area (Å²) in [5, 5.41) is 2.60. The molecule has 0 bridgehead atoms. The van der Waals surface area contributed by atoms with E-state index < -0.39 is 10.0 Å². The summed E-state index contributed by atoms with van der Waals surface area (Å²) < 4.78 is 25.9. The topological polar surface area (TPSA) is 101 Å². The number of rotatable bonds is 7. The van der Waals surface area contributed by atoms with E-state index in [1.807, 2.05) is 6.92 Å². The van der Waals surface area contributed by atoms with Crippen molar-refractivity contribution in [1.82, 2.24) is 4.72 Å². The van der Waals surface area contributed by atoms with Gasteiger partial charge in [-0.15, -0.1) is 0 Å². The van der Waals surface area contributed by atoms with Crippen LogP contribution >= 0.6 is 0 Å². The minimum Gasteiger partial charge on any atom is -0.327 e. The van der Waals surface area contributed by atoms with Crippen LogP contribution in [0.1, 0.15) is 26.2 Å². The number of para-hydroxylation sites is 1. The second kappa shape index (κ2) is 7.37. The van der Waals surface area contributed by atoms with E-state index in [1.165, 1.54) is 13.1 Å². The molecule has 0 spiro atoms. The quantitative estimate of drug-likeness (QED) is 0.700. The summed E-state index contributed by atoms with van der Waals surface area (Å²) in [5.74, 6) is -0.287. The molecule has 20 heavy (non-hydrogen) atoms. The van der Waals surface area contributed by atoms with Crippen molar-refractivity contribution in [1.29, 1.82) is 0 Å². The van der Waals surface area contributed by atoms with Crippen molar-refractivity contribution in [2.75, 3.05) is 12.4 Å². The number of carbonyl (C=O) groups excluding carboxylic acids is 1. The van der Waals surface area contributed by atoms with E-state index in [9.17, 15) is 13.2 Å². The van der Waals surface area contributed by atoms with Gasteiger partial charge in [0.05, 0.1) is 5.69 Å². The van der Waals surface area contributed by atoms with E-state index >= 15 is 0 Å². The highest BCUT2D eigenvalue weighted by Gasteiger charge is 2.18. The number of carbonyl (C=O) groups is 1. The molecule has 0 aliphatic carbocycles. The summed E-state index contributed by atoms with van der Waals surface area (Å²) in [7, 11) is -2.28. The van der Waals surface area contributed by atoms with Gasteiger partial charge in [-0.2, -0.15) is 0 Å². The summed E-state index contributed by atoms with van der Waals surface area (Å²) >= 11 is 0. The first kappa shape index (κ1) is 16.6. The van der Waals surface area contributed by atoms with E-state index in [0.717, 1.165) is 12.8 Å². The summed E-state index contributed by atoms with van der Waals surface area (Å²) in [6.07, 6.45) is 1.82. The second-order valence-electron chi connectivity index (χ2n) is 4.50. The SMILES string of the molecule is CCCC(N)CC(=O)Nc1ccccc1S(=O)(=O)NC. The molecule has 1 rings (SSSR count). The van der Waals surface area contributed by atoms with Crippen molar-refractivity contribution in [3.63, 3.8) is 0 Å². The predicted octanol–water partition coefficient (Wildman–Crippen LogP) is 1.05. The maximum atomic E-state index is 11.9. The maximum Gasteiger partial charge on any atom is 0.242 e. The molecule has 0 aromatic heterocycles. The highest BCUT2D eigenvalue weighted by molar-refractivity contribution is 7.89. The lowest BCUT2D eigenvalue weighted by molar-refractivity contribution is -0.116. The Labute approximate surface area is 119 Å². The van der Waals surface area contributed by atoms with Crippen molar-refractivity contribution in [3.8, 4) is 0 Å². The van der Waals surface area contributed by atoms with Gasteiger partial charge in [0.2, 0.25) is 15.9 Å². The van der Waals surface area contributed by atoms with E-state index in [1.54, 1.807) is 18.2 Å². The molecule has 0 radical (unpaired) electrons. The molecule has 7 heteroatoms. The minimum absolute atomic E-state index is 0.0416. The minimum atomic E-state index is -3.61. The van der Waals surface area contributed by atoms with Gasteiger partial charge in [0.15, 0.2) is 0 Å². The van der Waals surface area contributed by atoms with Crippen molar-refractivity contribution >= 4 is 21.6 Å². The zero-order valence-electron chi connectivity index (χ0n) is 11.7. The fraction of sp³-hybridized carbons (Fsp3) is 0.462. The Morgan fingerprint density at radius 3 is 2.60 bits per heavy atom. The summed E-state index contributed by atoms with van der Waals surface area (Å²) in [6.45, 7) is 1.99. The Balaban J connectivity index is 2.86. The van der Waals surface area contributed by atoms with Crippen molar-refractivity contribution < 1.29 is 13.2 Å². The molecule has 0 saturated carbocycles. The van der Waals surface area contributed by atoms with Gasteiger partial charge in [-0.25, -0.2) is 13.1 Å². The molecule has 4 N–H and O–H groups in total. The van der Waals surface area contributed by atoms with Crippen LogP contribution in [0.2, 0.25) is 0 Å². The predicted molar refractivity (Wildman–Crippen MR) is 78.8 cm³/mol. The average molecular weight is 299 g/mol. The Bertz CT molecular complexity index is 558. The van der Waals surface area contributed by atoms with E-state index in [4.69, 9.17) is 5.73 Å². The van der Waals surface area contributed by atoms with E-state index in [0.29, 0.717) is 0 Å². The largest absolute Gasteiger partial charge is 0.327 e. The number of benzene rings is 1. The van der Waals surface area contributed by atoms with Gasteiger partial charge in [-0.3, -0.25) is 4.79 Å². The summed E-state index contributed by atoms with van der Waals surface area (Å²) in [4.78, 5) is 11.9. The standard InChI is InChI=1S/C13H21N3O3S/c1-3-6-10(14)9-13(17)16-11-7-4-5-8-12(11)20(18,19)15-2/h4-5,7-8,10,15H,3,6,9,14H2,1-2H3,(H,16,17). The average Bonchev–Trinajstić information content (AvgIpc) is 2.39. The number of nitrogens with two attached hydrogens (primary N) is 1. The zero-order valence-corrected chi connectivity index (χ0v) is 12.5. The van der Waals surface area contributed by atoms with Crippen LogP contribution < -0.4 is 15.8 Å². The van der Waals surface area contributed by atoms with Crippen molar-refractivity contribution in [2.45, 2.75) is 37.1 Å². The molecule has 1 aromatic carbocycles. The van der Waals surface area contributed by atoms with E-state index in [2.05, 4.69) is 10.0 Å². The lowest BCUT2D eigenvalue weighted by Gasteiger charge is -2.13. The van der Waals surface area contributed by atoms with Gasteiger partial charge < -0.3 is 11.1 Å². The second-order valence-corrected chi connectivity index (χ2v) is 6.36. The number of anilines is 1. The monoisotopic (exact) mass is 299 g/mol. The Morgan fingerprint density at radius 1 is 1.35 bits per heavy atom. The molecular weight excluding hydrogens is 278 g/mol. The number of nitrogens with one attached hydrogen (secondary N) is 2. The van der Waals surface area contributed by atoms with Gasteiger partial charge in [-0.1, -0.05) is 25.5 Å². The number of hydrogen-bond donors (Lipinski definition) is 3. The molecule has 0 saturated heterocycles. The van der Waals surface area contributed by atoms with Crippen molar-refractivity contribution in [3.05, 3.63) is 24.3 Å². The molecule has 112 valence electrons. The normalized spacial score (nSPS) is 12.9. The van der Waals surface area contributed by atoms with Crippen molar-refractivity contribution in [2.24, 2.45) is 5.73 Å². The molecule has 0 aliphatic heterocycles. The van der Waals surface area contributed by atoms with Crippen LogP contribution in [0.15, 0.2) is 29.2 Å². The first-order valence-electron chi connectivity index (χ1n) is 6.48.